The number of benzene rings is 3. The van der Waals surface area contributed by atoms with Crippen molar-refractivity contribution < 1.29 is 19.8 Å². The van der Waals surface area contributed by atoms with Crippen molar-refractivity contribution in [3.05, 3.63) is 101 Å². The molecule has 1 fully saturated rings. The summed E-state index contributed by atoms with van der Waals surface area (Å²) in [6.45, 7) is 1.95. The molecule has 3 aromatic carbocycles. The van der Waals surface area contributed by atoms with E-state index in [4.69, 9.17) is 0 Å². The van der Waals surface area contributed by atoms with Crippen molar-refractivity contribution in [3.63, 3.8) is 0 Å². The minimum atomic E-state index is -0.777. The molecular weight excluding hydrogens is 366 g/mol. The lowest BCUT2D eigenvalue weighted by Crippen LogP contribution is -2.29. The lowest BCUT2D eigenvalue weighted by atomic mass is 9.94. The third-order valence-corrected chi connectivity index (χ3v) is 5.01. The molecule has 29 heavy (non-hydrogen) atoms. The highest BCUT2D eigenvalue weighted by molar-refractivity contribution is 6.51. The molecule has 4 rings (SSSR count). The van der Waals surface area contributed by atoms with Gasteiger partial charge in [0, 0.05) is 11.3 Å². The SMILES string of the molecule is Cc1ccc(C2C(=C(O)c3ccccc3)C(=O)C(=O)N2c2ccc(O)cc2)cc1. The van der Waals surface area contributed by atoms with Gasteiger partial charge in [-0.05, 0) is 36.8 Å². The number of hydrogen-bond donors (Lipinski definition) is 2. The number of amides is 1. The van der Waals surface area contributed by atoms with Gasteiger partial charge in [-0.15, -0.1) is 0 Å². The van der Waals surface area contributed by atoms with Crippen LogP contribution in [0.25, 0.3) is 5.76 Å². The normalized spacial score (nSPS) is 18.2. The molecule has 1 aliphatic rings. The molecular formula is C24H19NO4. The predicted octanol–water partition coefficient (Wildman–Crippen LogP) is 4.33. The molecule has 0 radical (unpaired) electrons. The van der Waals surface area contributed by atoms with Crippen LogP contribution in [0.4, 0.5) is 5.69 Å². The van der Waals surface area contributed by atoms with Gasteiger partial charge in [0.1, 0.15) is 11.5 Å². The van der Waals surface area contributed by atoms with Gasteiger partial charge in [0.05, 0.1) is 11.6 Å². The number of Topliss-reactive ketones (excluding diaryl/α,β-unsaturated/α-hetero) is 1. The maximum Gasteiger partial charge on any atom is 0.300 e. The van der Waals surface area contributed by atoms with Gasteiger partial charge in [-0.25, -0.2) is 0 Å². The number of rotatable bonds is 3. The van der Waals surface area contributed by atoms with Crippen molar-refractivity contribution in [1.82, 2.24) is 0 Å². The van der Waals surface area contributed by atoms with E-state index in [2.05, 4.69) is 0 Å². The van der Waals surface area contributed by atoms with Gasteiger partial charge < -0.3 is 10.2 Å². The average Bonchev–Trinajstić information content (AvgIpc) is 3.00. The Bertz CT molecular complexity index is 1100. The van der Waals surface area contributed by atoms with E-state index in [-0.39, 0.29) is 17.1 Å². The van der Waals surface area contributed by atoms with E-state index in [1.807, 2.05) is 37.3 Å². The van der Waals surface area contributed by atoms with Gasteiger partial charge in [-0.2, -0.15) is 0 Å². The molecule has 1 aliphatic heterocycles. The quantitative estimate of drug-likeness (QED) is 0.400. The second kappa shape index (κ2) is 7.28. The molecule has 0 spiro atoms. The lowest BCUT2D eigenvalue weighted by Gasteiger charge is -2.25. The summed E-state index contributed by atoms with van der Waals surface area (Å²) in [5, 5.41) is 20.5. The molecule has 0 aromatic heterocycles. The second-order valence-electron chi connectivity index (χ2n) is 6.96. The summed E-state index contributed by atoms with van der Waals surface area (Å²) < 4.78 is 0. The van der Waals surface area contributed by atoms with E-state index in [0.717, 1.165) is 5.56 Å². The van der Waals surface area contributed by atoms with Crippen molar-refractivity contribution >= 4 is 23.1 Å². The molecule has 2 N–H and O–H groups in total. The van der Waals surface area contributed by atoms with Crippen LogP contribution in [0, 0.1) is 6.92 Å². The number of aromatic hydroxyl groups is 1. The van der Waals surface area contributed by atoms with Gasteiger partial charge in [0.2, 0.25) is 0 Å². The highest BCUT2D eigenvalue weighted by Gasteiger charge is 2.46. The molecule has 0 bridgehead atoms. The molecule has 0 aliphatic carbocycles. The van der Waals surface area contributed by atoms with Crippen molar-refractivity contribution in [2.24, 2.45) is 0 Å². The zero-order chi connectivity index (χ0) is 20.5. The number of carbonyl (C=O) groups is 2. The number of anilines is 1. The van der Waals surface area contributed by atoms with Crippen LogP contribution >= 0.6 is 0 Å². The number of nitrogens with zero attached hydrogens (tertiary/aromatic N) is 1. The molecule has 0 saturated carbocycles. The monoisotopic (exact) mass is 385 g/mol. The van der Waals surface area contributed by atoms with E-state index in [9.17, 15) is 19.8 Å². The van der Waals surface area contributed by atoms with E-state index in [1.165, 1.54) is 17.0 Å². The van der Waals surface area contributed by atoms with E-state index < -0.39 is 17.7 Å². The second-order valence-corrected chi connectivity index (χ2v) is 6.96. The molecule has 1 atom stereocenters. The van der Waals surface area contributed by atoms with Crippen molar-refractivity contribution in [2.75, 3.05) is 4.90 Å². The Kier molecular flexibility index (Phi) is 4.64. The number of ketones is 1. The standard InChI is InChI=1S/C24H19NO4/c1-15-7-9-16(10-8-15)21-20(22(27)17-5-3-2-4-6-17)23(28)24(29)25(21)18-11-13-19(26)14-12-18/h2-14,21,26-27H,1H3. The zero-order valence-electron chi connectivity index (χ0n) is 15.7. The molecule has 1 saturated heterocycles. The molecule has 144 valence electrons. The van der Waals surface area contributed by atoms with Gasteiger partial charge >= 0.3 is 0 Å². The lowest BCUT2D eigenvalue weighted by molar-refractivity contribution is -0.132. The maximum atomic E-state index is 13.0. The Morgan fingerprint density at radius 3 is 2.10 bits per heavy atom. The van der Waals surface area contributed by atoms with Crippen LogP contribution in [-0.4, -0.2) is 21.9 Å². The third kappa shape index (κ3) is 3.27. The fourth-order valence-corrected chi connectivity index (χ4v) is 3.53. The van der Waals surface area contributed by atoms with Gasteiger partial charge in [0.25, 0.3) is 11.7 Å². The molecule has 5 heteroatoms. The maximum absolute atomic E-state index is 13.0. The zero-order valence-corrected chi connectivity index (χ0v) is 15.7. The molecule has 1 unspecified atom stereocenters. The molecule has 1 heterocycles. The Morgan fingerprint density at radius 1 is 0.862 bits per heavy atom. The number of phenols is 1. The first-order valence-electron chi connectivity index (χ1n) is 9.19. The van der Waals surface area contributed by atoms with Gasteiger partial charge in [-0.3, -0.25) is 14.5 Å². The summed E-state index contributed by atoms with van der Waals surface area (Å²) in [7, 11) is 0. The van der Waals surface area contributed by atoms with Crippen molar-refractivity contribution in [2.45, 2.75) is 13.0 Å². The molecule has 1 amide bonds. The summed E-state index contributed by atoms with van der Waals surface area (Å²) in [4.78, 5) is 27.3. The number of aliphatic hydroxyl groups excluding tert-OH is 1. The first kappa shape index (κ1) is 18.5. The van der Waals surface area contributed by atoms with Gasteiger partial charge in [-0.1, -0.05) is 60.2 Å². The minimum Gasteiger partial charge on any atom is -0.508 e. The van der Waals surface area contributed by atoms with Crippen LogP contribution in [-0.2, 0) is 9.59 Å². The van der Waals surface area contributed by atoms with Crippen LogP contribution in [0.5, 0.6) is 5.75 Å². The largest absolute Gasteiger partial charge is 0.508 e. The predicted molar refractivity (Wildman–Crippen MR) is 111 cm³/mol. The summed E-state index contributed by atoms with van der Waals surface area (Å²) >= 11 is 0. The Morgan fingerprint density at radius 2 is 1.48 bits per heavy atom. The third-order valence-electron chi connectivity index (χ3n) is 5.01. The average molecular weight is 385 g/mol. The minimum absolute atomic E-state index is 0.0399. The van der Waals surface area contributed by atoms with Gasteiger partial charge in [0.15, 0.2) is 0 Å². The van der Waals surface area contributed by atoms with E-state index >= 15 is 0 Å². The first-order valence-corrected chi connectivity index (χ1v) is 9.19. The van der Waals surface area contributed by atoms with Crippen LogP contribution in [0.3, 0.4) is 0 Å². The van der Waals surface area contributed by atoms with E-state index in [1.54, 1.807) is 36.4 Å². The van der Waals surface area contributed by atoms with Crippen molar-refractivity contribution in [1.29, 1.82) is 0 Å². The number of phenolic OH excluding ortho intramolecular Hbond substituents is 1. The van der Waals surface area contributed by atoms with Crippen LogP contribution in [0.1, 0.15) is 22.7 Å². The highest BCUT2D eigenvalue weighted by atomic mass is 16.3. The molecule has 3 aromatic rings. The Hall–Kier alpha value is -3.86. The fourth-order valence-electron chi connectivity index (χ4n) is 3.53. The Labute approximate surface area is 168 Å². The summed E-state index contributed by atoms with van der Waals surface area (Å²) in [6.07, 6.45) is 0. The van der Waals surface area contributed by atoms with Crippen molar-refractivity contribution in [3.8, 4) is 5.75 Å². The van der Waals surface area contributed by atoms with Crippen LogP contribution in [0.15, 0.2) is 84.4 Å². The first-order chi connectivity index (χ1) is 14.0. The number of hydrogen-bond acceptors (Lipinski definition) is 4. The Balaban J connectivity index is 1.94. The number of carbonyl (C=O) groups excluding carboxylic acids is 2. The topological polar surface area (TPSA) is 77.8 Å². The summed E-state index contributed by atoms with van der Waals surface area (Å²) in [5.74, 6) is -1.62. The van der Waals surface area contributed by atoms with Crippen LogP contribution in [0.2, 0.25) is 0 Å². The number of aryl methyl sites for hydroxylation is 1. The van der Waals surface area contributed by atoms with Crippen LogP contribution < -0.4 is 4.90 Å². The fraction of sp³-hybridized carbons (Fsp3) is 0.0833. The molecule has 5 nitrogen and oxygen atoms in total. The smallest absolute Gasteiger partial charge is 0.300 e. The summed E-state index contributed by atoms with van der Waals surface area (Å²) in [5.41, 5.74) is 2.72. The number of aliphatic hydroxyl groups is 1. The summed E-state index contributed by atoms with van der Waals surface area (Å²) in [6, 6.07) is 21.5. The van der Waals surface area contributed by atoms with E-state index in [0.29, 0.717) is 16.8 Å². The highest BCUT2D eigenvalue weighted by Crippen LogP contribution is 2.42.